The van der Waals surface area contributed by atoms with Crippen molar-refractivity contribution in [3.8, 4) is 0 Å². The quantitative estimate of drug-likeness (QED) is 0.495. The molecule has 0 N–H and O–H groups in total. The van der Waals surface area contributed by atoms with Crippen molar-refractivity contribution < 1.29 is 9.44 Å². The molecule has 4 fully saturated rings. The molecule has 4 nitrogen and oxygen atoms in total. The summed E-state index contributed by atoms with van der Waals surface area (Å²) in [5, 5.41) is 13.1. The minimum atomic E-state index is 0.0772. The third-order valence-corrected chi connectivity index (χ3v) is 6.19. The molecule has 0 aliphatic carbocycles. The Morgan fingerprint density at radius 3 is 2.74 bits per heavy atom. The zero-order valence-electron chi connectivity index (χ0n) is 11.6. The first kappa shape index (κ1) is 12.2. The van der Waals surface area contributed by atoms with E-state index in [1.54, 1.807) is 0 Å². The number of piperidine rings is 4. The monoisotopic (exact) mass is 264 g/mol. The molecule has 4 aliphatic rings. The number of amides is 1. The minimum Gasteiger partial charge on any atom is -0.633 e. The van der Waals surface area contributed by atoms with Crippen LogP contribution in [0.3, 0.4) is 0 Å². The second-order valence-electron chi connectivity index (χ2n) is 7.10. The number of hydroxylamine groups is 3. The standard InChI is InChI=1S/C15H24N2O2/c18-14-7-1-6-13-12-5-3-9-17(19)8-2-4-11(15(12)17)10-16(13)14/h11-13,15H,1-10H2/t11-,12-,13+,15+,17+/m0/s1. The van der Waals surface area contributed by atoms with Gasteiger partial charge >= 0.3 is 0 Å². The maximum atomic E-state index is 13.1. The summed E-state index contributed by atoms with van der Waals surface area (Å²) in [6, 6.07) is 0.710. The van der Waals surface area contributed by atoms with Crippen molar-refractivity contribution in [1.82, 2.24) is 4.90 Å². The van der Waals surface area contributed by atoms with Crippen molar-refractivity contribution in [1.29, 1.82) is 0 Å². The molecule has 4 saturated heterocycles. The van der Waals surface area contributed by atoms with Crippen LogP contribution in [0.15, 0.2) is 0 Å². The van der Waals surface area contributed by atoms with Gasteiger partial charge in [0.15, 0.2) is 0 Å². The van der Waals surface area contributed by atoms with E-state index >= 15 is 0 Å². The molecule has 0 aromatic heterocycles. The largest absolute Gasteiger partial charge is 0.633 e. The molecule has 0 aromatic carbocycles. The predicted octanol–water partition coefficient (Wildman–Crippen LogP) is 1.88. The number of quaternary nitrogens is 1. The van der Waals surface area contributed by atoms with Gasteiger partial charge in [-0.15, -0.1) is 0 Å². The van der Waals surface area contributed by atoms with E-state index in [1.807, 2.05) is 0 Å². The number of rotatable bonds is 0. The van der Waals surface area contributed by atoms with E-state index in [1.165, 1.54) is 12.8 Å². The maximum absolute atomic E-state index is 13.1. The van der Waals surface area contributed by atoms with Gasteiger partial charge in [-0.3, -0.25) is 4.79 Å². The fourth-order valence-corrected chi connectivity index (χ4v) is 5.55. The predicted molar refractivity (Wildman–Crippen MR) is 71.9 cm³/mol. The average molecular weight is 264 g/mol. The second-order valence-corrected chi connectivity index (χ2v) is 7.10. The Bertz CT molecular complexity index is 396. The van der Waals surface area contributed by atoms with Gasteiger partial charge in [-0.2, -0.15) is 0 Å². The molecular weight excluding hydrogens is 240 g/mol. The molecule has 0 spiro atoms. The van der Waals surface area contributed by atoms with Crippen molar-refractivity contribution in [2.45, 2.75) is 57.0 Å². The Kier molecular flexibility index (Phi) is 2.68. The Balaban J connectivity index is 1.69. The van der Waals surface area contributed by atoms with Gasteiger partial charge < -0.3 is 14.8 Å². The molecule has 4 heterocycles. The molecule has 106 valence electrons. The highest BCUT2D eigenvalue weighted by Gasteiger charge is 2.55. The first-order chi connectivity index (χ1) is 9.19. The van der Waals surface area contributed by atoms with E-state index in [9.17, 15) is 10.0 Å². The number of fused-ring (bicyclic) bond motifs is 2. The van der Waals surface area contributed by atoms with Gasteiger partial charge in [0, 0.05) is 30.8 Å². The van der Waals surface area contributed by atoms with Crippen LogP contribution >= 0.6 is 0 Å². The molecule has 4 rings (SSSR count). The molecule has 1 amide bonds. The van der Waals surface area contributed by atoms with Crippen LogP contribution in [-0.2, 0) is 4.79 Å². The smallest absolute Gasteiger partial charge is 0.222 e. The van der Waals surface area contributed by atoms with Crippen LogP contribution in [0.2, 0.25) is 0 Å². The Morgan fingerprint density at radius 1 is 1.11 bits per heavy atom. The van der Waals surface area contributed by atoms with Gasteiger partial charge in [-0.05, 0) is 38.5 Å². The van der Waals surface area contributed by atoms with E-state index in [0.717, 1.165) is 51.7 Å². The van der Waals surface area contributed by atoms with E-state index in [-0.39, 0.29) is 4.65 Å². The number of carbonyl (C=O) groups excluding carboxylic acids is 1. The van der Waals surface area contributed by atoms with Gasteiger partial charge in [-0.1, -0.05) is 0 Å². The number of nitrogens with zero attached hydrogens (tertiary/aromatic N) is 2. The maximum Gasteiger partial charge on any atom is 0.222 e. The molecule has 0 radical (unpaired) electrons. The summed E-state index contributed by atoms with van der Waals surface area (Å²) in [5.41, 5.74) is 0. The third-order valence-electron chi connectivity index (χ3n) is 6.19. The molecule has 4 aliphatic heterocycles. The summed E-state index contributed by atoms with van der Waals surface area (Å²) in [5.74, 6) is 1.33. The summed E-state index contributed by atoms with van der Waals surface area (Å²) < 4.78 is 0.0772. The van der Waals surface area contributed by atoms with Crippen LogP contribution in [0.25, 0.3) is 0 Å². The zero-order valence-corrected chi connectivity index (χ0v) is 11.6. The van der Waals surface area contributed by atoms with E-state index in [2.05, 4.69) is 4.90 Å². The zero-order chi connectivity index (χ0) is 13.0. The molecule has 19 heavy (non-hydrogen) atoms. The fraction of sp³-hybridized carbons (Fsp3) is 0.933. The number of hydrogen-bond acceptors (Lipinski definition) is 2. The van der Waals surface area contributed by atoms with Crippen molar-refractivity contribution in [2.24, 2.45) is 11.8 Å². The van der Waals surface area contributed by atoms with E-state index < -0.39 is 0 Å². The molecule has 4 heteroatoms. The Morgan fingerprint density at radius 2 is 1.89 bits per heavy atom. The van der Waals surface area contributed by atoms with Gasteiger partial charge in [-0.25, -0.2) is 0 Å². The van der Waals surface area contributed by atoms with Crippen LogP contribution in [0.4, 0.5) is 0 Å². The first-order valence-corrected chi connectivity index (χ1v) is 8.06. The SMILES string of the molecule is O=C1CCC[C@@H]2[C@@H]3CCC[N@+]4([O-])CCC[C@@H](CN12)[C@H]34. The van der Waals surface area contributed by atoms with Gasteiger partial charge in [0.25, 0.3) is 0 Å². The van der Waals surface area contributed by atoms with Crippen LogP contribution in [0, 0.1) is 17.0 Å². The summed E-state index contributed by atoms with van der Waals surface area (Å²) >= 11 is 0. The molecule has 0 unspecified atom stereocenters. The molecule has 0 bridgehead atoms. The number of carbonyl (C=O) groups is 1. The van der Waals surface area contributed by atoms with Crippen molar-refractivity contribution >= 4 is 5.91 Å². The normalized spacial score (nSPS) is 49.5. The number of hydrogen-bond donors (Lipinski definition) is 0. The first-order valence-electron chi connectivity index (χ1n) is 8.06. The van der Waals surface area contributed by atoms with Crippen molar-refractivity contribution in [3.63, 3.8) is 0 Å². The highest BCUT2D eigenvalue weighted by Crippen LogP contribution is 2.47. The Labute approximate surface area is 114 Å². The second kappa shape index (κ2) is 4.19. The summed E-state index contributed by atoms with van der Waals surface area (Å²) in [7, 11) is 0. The summed E-state index contributed by atoms with van der Waals surface area (Å²) in [4.78, 5) is 14.3. The lowest BCUT2D eigenvalue weighted by atomic mass is 9.67. The summed E-state index contributed by atoms with van der Waals surface area (Å²) in [6.07, 6.45) is 7.38. The van der Waals surface area contributed by atoms with Crippen LogP contribution in [-0.4, -0.2) is 47.2 Å². The molecule has 0 saturated carbocycles. The third kappa shape index (κ3) is 1.69. The van der Waals surface area contributed by atoms with Crippen LogP contribution < -0.4 is 0 Å². The lowest BCUT2D eigenvalue weighted by Crippen LogP contribution is -2.71. The molecule has 0 aromatic rings. The van der Waals surface area contributed by atoms with Gasteiger partial charge in [0.2, 0.25) is 5.91 Å². The van der Waals surface area contributed by atoms with Crippen LogP contribution in [0.1, 0.15) is 44.9 Å². The van der Waals surface area contributed by atoms with Crippen molar-refractivity contribution in [3.05, 3.63) is 5.21 Å². The Hall–Kier alpha value is -0.610. The highest BCUT2D eigenvalue weighted by atomic mass is 16.5. The van der Waals surface area contributed by atoms with Crippen molar-refractivity contribution in [2.75, 3.05) is 19.6 Å². The topological polar surface area (TPSA) is 43.4 Å². The fourth-order valence-electron chi connectivity index (χ4n) is 5.55. The van der Waals surface area contributed by atoms with Gasteiger partial charge in [0.1, 0.15) is 0 Å². The van der Waals surface area contributed by atoms with Crippen LogP contribution in [0.5, 0.6) is 0 Å². The van der Waals surface area contributed by atoms with E-state index in [0.29, 0.717) is 29.8 Å². The highest BCUT2D eigenvalue weighted by molar-refractivity contribution is 5.77. The summed E-state index contributed by atoms with van der Waals surface area (Å²) in [6.45, 7) is 2.55. The molecular formula is C15H24N2O2. The van der Waals surface area contributed by atoms with Gasteiger partial charge in [0.05, 0.1) is 19.1 Å². The lowest BCUT2D eigenvalue weighted by Gasteiger charge is -2.64. The molecule has 5 atom stereocenters. The minimum absolute atomic E-state index is 0.0772. The lowest BCUT2D eigenvalue weighted by molar-refractivity contribution is -0.925. The average Bonchev–Trinajstić information content (AvgIpc) is 2.40. The van der Waals surface area contributed by atoms with E-state index in [4.69, 9.17) is 0 Å².